The number of hydrogen-bond acceptors (Lipinski definition) is 6. The lowest BCUT2D eigenvalue weighted by Crippen LogP contribution is -2.45. The molecule has 0 spiro atoms. The van der Waals surface area contributed by atoms with Crippen LogP contribution in [0.2, 0.25) is 0 Å². The minimum Gasteiger partial charge on any atom is -0.710 e. The molecule has 0 saturated heterocycles. The van der Waals surface area contributed by atoms with Gasteiger partial charge in [0.05, 0.1) is 24.5 Å². The van der Waals surface area contributed by atoms with Crippen LogP contribution < -0.4 is 19.9 Å². The summed E-state index contributed by atoms with van der Waals surface area (Å²) in [6.07, 6.45) is 7.85. The number of rotatable bonds is 2. The summed E-state index contributed by atoms with van der Waals surface area (Å²) in [5.41, 5.74) is 6.43. The van der Waals surface area contributed by atoms with E-state index in [-0.39, 0.29) is 33.8 Å². The first-order valence-electron chi connectivity index (χ1n) is 7.32. The van der Waals surface area contributed by atoms with Crippen LogP contribution in [0.4, 0.5) is 5.82 Å². The van der Waals surface area contributed by atoms with Crippen LogP contribution in [-0.2, 0) is 0 Å². The fraction of sp³-hybridized carbons (Fsp3) is 0.188. The largest absolute Gasteiger partial charge is 0.710 e. The quantitative estimate of drug-likeness (QED) is 0.649. The summed E-state index contributed by atoms with van der Waals surface area (Å²) in [7, 11) is 1.50. The molecule has 24 heavy (non-hydrogen) atoms. The fourth-order valence-corrected chi connectivity index (χ4v) is 4.02. The molecule has 1 aromatic carbocycles. The van der Waals surface area contributed by atoms with E-state index in [0.29, 0.717) is 20.3 Å². The Hall–Kier alpha value is -2.74. The van der Waals surface area contributed by atoms with E-state index < -0.39 is 0 Å². The third-order valence-electron chi connectivity index (χ3n) is 4.06. The van der Waals surface area contributed by atoms with Crippen molar-refractivity contribution in [2.24, 2.45) is 4.99 Å². The van der Waals surface area contributed by atoms with Crippen LogP contribution in [0, 0.1) is 10.4 Å². The van der Waals surface area contributed by atoms with Gasteiger partial charge in [0.1, 0.15) is 5.75 Å². The highest BCUT2D eigenvalue weighted by molar-refractivity contribution is 8.15. The van der Waals surface area contributed by atoms with Gasteiger partial charge in [-0.3, -0.25) is 10.7 Å². The van der Waals surface area contributed by atoms with E-state index in [9.17, 15) is 10.4 Å². The second kappa shape index (κ2) is 5.41. The highest BCUT2D eigenvalue weighted by Gasteiger charge is 2.37. The number of thioether (sulfide) groups is 1. The van der Waals surface area contributed by atoms with Crippen molar-refractivity contribution < 1.29 is 14.2 Å². The summed E-state index contributed by atoms with van der Waals surface area (Å²) in [4.78, 5) is 4.55. The van der Waals surface area contributed by atoms with Crippen molar-refractivity contribution in [3.8, 4) is 5.75 Å². The molecular weight excluding hydrogens is 328 g/mol. The zero-order chi connectivity index (χ0) is 16.8. The van der Waals surface area contributed by atoms with Crippen molar-refractivity contribution in [2.75, 3.05) is 12.8 Å². The predicted octanol–water partition coefficient (Wildman–Crippen LogP) is 1.05. The molecule has 1 aliphatic heterocycles. The first-order chi connectivity index (χ1) is 11.6. The monoisotopic (exact) mass is 342 g/mol. The average molecular weight is 342 g/mol. The molecule has 2 aliphatic rings. The van der Waals surface area contributed by atoms with Crippen LogP contribution in [0.15, 0.2) is 47.5 Å². The summed E-state index contributed by atoms with van der Waals surface area (Å²) in [5.74, 6) is 0.337. The number of aliphatic imine (C=N–C) groups is 1. The van der Waals surface area contributed by atoms with Crippen LogP contribution in [0.3, 0.4) is 0 Å². The predicted molar refractivity (Wildman–Crippen MR) is 92.8 cm³/mol. The van der Waals surface area contributed by atoms with Crippen LogP contribution in [-0.4, -0.2) is 23.4 Å². The van der Waals surface area contributed by atoms with Gasteiger partial charge in [0, 0.05) is 0 Å². The van der Waals surface area contributed by atoms with Crippen molar-refractivity contribution in [2.45, 2.75) is 11.3 Å². The van der Waals surface area contributed by atoms with Crippen LogP contribution >= 0.6 is 11.8 Å². The molecule has 1 aromatic heterocycles. The van der Waals surface area contributed by atoms with E-state index in [1.807, 2.05) is 24.3 Å². The standard InChI is InChI=1S/C16H14N4O3S/c1-23-9-6-7-11-12(8-9)19(21)14(15(17)20(11)22)16-18-10-4-2-3-5-13(10)24-16/h2-8,10,13H,17H2,1H3/t10-,13+/m1/s1. The Morgan fingerprint density at radius 1 is 1.17 bits per heavy atom. The second-order valence-corrected chi connectivity index (χ2v) is 6.62. The van der Waals surface area contributed by atoms with Gasteiger partial charge in [-0.1, -0.05) is 36.1 Å². The Bertz CT molecular complexity index is 939. The second-order valence-electron chi connectivity index (χ2n) is 5.45. The van der Waals surface area contributed by atoms with Gasteiger partial charge in [-0.15, -0.1) is 0 Å². The minimum absolute atomic E-state index is 0.0458. The Kier molecular flexibility index (Phi) is 3.34. The topological polar surface area (TPSA) is 101 Å². The number of ether oxygens (including phenoxy) is 1. The maximum atomic E-state index is 12.9. The van der Waals surface area contributed by atoms with Crippen molar-refractivity contribution in [3.63, 3.8) is 0 Å². The van der Waals surface area contributed by atoms with Crippen molar-refractivity contribution >= 4 is 33.7 Å². The zero-order valence-corrected chi connectivity index (χ0v) is 13.6. The highest BCUT2D eigenvalue weighted by Crippen LogP contribution is 2.34. The van der Waals surface area contributed by atoms with Crippen molar-refractivity contribution in [3.05, 3.63) is 58.6 Å². The number of anilines is 1. The highest BCUT2D eigenvalue weighted by atomic mass is 32.2. The minimum atomic E-state index is -0.152. The Morgan fingerprint density at radius 3 is 2.71 bits per heavy atom. The first kappa shape index (κ1) is 14.8. The molecular formula is C16H14N4O3S. The van der Waals surface area contributed by atoms with Gasteiger partial charge in [-0.2, -0.15) is 4.73 Å². The SMILES string of the molecule is COc1ccc2c(c1)[n+]([O-])c(C1=N[C@@H]3C=CC=C[C@@H]3S1)c(N)[n+]2[O-]. The molecule has 0 amide bonds. The van der Waals surface area contributed by atoms with E-state index in [2.05, 4.69) is 4.99 Å². The molecule has 4 rings (SSSR count). The van der Waals surface area contributed by atoms with Gasteiger partial charge in [-0.05, 0) is 12.1 Å². The number of methoxy groups -OCH3 is 1. The lowest BCUT2D eigenvalue weighted by Gasteiger charge is -2.14. The summed E-state index contributed by atoms with van der Waals surface area (Å²) < 4.78 is 6.37. The Morgan fingerprint density at radius 2 is 1.96 bits per heavy atom. The van der Waals surface area contributed by atoms with Gasteiger partial charge in [0.25, 0.3) is 5.52 Å². The Labute approximate surface area is 141 Å². The first-order valence-corrected chi connectivity index (χ1v) is 8.20. The number of nitrogens with two attached hydrogens (primary N) is 1. The molecule has 0 saturated carbocycles. The molecule has 7 nitrogen and oxygen atoms in total. The molecule has 8 heteroatoms. The van der Waals surface area contributed by atoms with Gasteiger partial charge < -0.3 is 15.2 Å². The molecule has 2 aromatic rings. The third kappa shape index (κ3) is 2.10. The van der Waals surface area contributed by atoms with Crippen LogP contribution in [0.25, 0.3) is 11.0 Å². The van der Waals surface area contributed by atoms with E-state index in [0.717, 1.165) is 0 Å². The lowest BCUT2D eigenvalue weighted by atomic mass is 10.1. The Balaban J connectivity index is 1.92. The maximum absolute atomic E-state index is 12.9. The van der Waals surface area contributed by atoms with Gasteiger partial charge in [-0.25, -0.2) is 4.73 Å². The number of nitrogen functional groups attached to an aromatic ring is 1. The smallest absolute Gasteiger partial charge is 0.353 e. The summed E-state index contributed by atoms with van der Waals surface area (Å²) in [6, 6.07) is 4.61. The number of nitrogens with zero attached hydrogens (tertiary/aromatic N) is 3. The number of allylic oxidation sites excluding steroid dienone is 2. The van der Waals surface area contributed by atoms with E-state index in [1.54, 1.807) is 6.07 Å². The lowest BCUT2D eigenvalue weighted by molar-refractivity contribution is -0.619. The van der Waals surface area contributed by atoms with Gasteiger partial charge in [0.2, 0.25) is 5.52 Å². The molecule has 2 N–H and O–H groups in total. The summed E-state index contributed by atoms with van der Waals surface area (Å²) >= 11 is 1.43. The number of aromatic nitrogens is 2. The van der Waals surface area contributed by atoms with Crippen molar-refractivity contribution in [1.82, 2.24) is 0 Å². The molecule has 0 bridgehead atoms. The maximum Gasteiger partial charge on any atom is 0.353 e. The third-order valence-corrected chi connectivity index (χ3v) is 5.29. The zero-order valence-electron chi connectivity index (χ0n) is 12.7. The van der Waals surface area contributed by atoms with Gasteiger partial charge in [0.15, 0.2) is 5.04 Å². The molecule has 0 fully saturated rings. The van der Waals surface area contributed by atoms with Crippen LogP contribution in [0.1, 0.15) is 5.69 Å². The van der Waals surface area contributed by atoms with Crippen molar-refractivity contribution in [1.29, 1.82) is 0 Å². The van der Waals surface area contributed by atoms with E-state index >= 15 is 0 Å². The normalized spacial score (nSPS) is 21.8. The molecule has 2 atom stereocenters. The molecule has 122 valence electrons. The van der Waals surface area contributed by atoms with Crippen LogP contribution in [0.5, 0.6) is 5.75 Å². The van der Waals surface area contributed by atoms with Gasteiger partial charge >= 0.3 is 11.5 Å². The summed E-state index contributed by atoms with van der Waals surface area (Å²) in [6.45, 7) is 0. The number of benzene rings is 1. The number of hydrogen-bond donors (Lipinski definition) is 1. The molecule has 0 radical (unpaired) electrons. The number of fused-ring (bicyclic) bond motifs is 2. The molecule has 2 heterocycles. The van der Waals surface area contributed by atoms with E-state index in [4.69, 9.17) is 10.5 Å². The van der Waals surface area contributed by atoms with E-state index in [1.165, 1.54) is 31.0 Å². The fourth-order valence-electron chi connectivity index (χ4n) is 2.82. The molecule has 0 unspecified atom stereocenters. The summed E-state index contributed by atoms with van der Waals surface area (Å²) in [5, 5.41) is 25.9. The molecule has 1 aliphatic carbocycles. The average Bonchev–Trinajstić information content (AvgIpc) is 3.03.